The average Bonchev–Trinajstić information content (AvgIpc) is 2.68. The SMILES string of the molecule is Cc1cc(OCC(=O)O[C@H](C)C(=O)Nc2cccc(C#N)c2)c(C(C)C)cc1Cl. The largest absolute Gasteiger partial charge is 0.482 e. The van der Waals surface area contributed by atoms with Crippen LogP contribution in [0.1, 0.15) is 43.4 Å². The van der Waals surface area contributed by atoms with Gasteiger partial charge in [-0.15, -0.1) is 0 Å². The van der Waals surface area contributed by atoms with Gasteiger partial charge in [0.25, 0.3) is 5.91 Å². The van der Waals surface area contributed by atoms with E-state index < -0.39 is 18.0 Å². The number of ether oxygens (including phenoxy) is 2. The van der Waals surface area contributed by atoms with Gasteiger partial charge in [-0.3, -0.25) is 4.79 Å². The molecule has 0 saturated heterocycles. The molecule has 6 nitrogen and oxygen atoms in total. The van der Waals surface area contributed by atoms with Crippen LogP contribution in [0.3, 0.4) is 0 Å². The van der Waals surface area contributed by atoms with Gasteiger partial charge < -0.3 is 14.8 Å². The lowest BCUT2D eigenvalue weighted by atomic mass is 10.0. The van der Waals surface area contributed by atoms with Crippen LogP contribution in [-0.2, 0) is 14.3 Å². The number of halogens is 1. The van der Waals surface area contributed by atoms with E-state index in [-0.39, 0.29) is 12.5 Å². The maximum Gasteiger partial charge on any atom is 0.344 e. The molecule has 1 atom stereocenters. The van der Waals surface area contributed by atoms with Gasteiger partial charge in [0, 0.05) is 10.7 Å². The number of nitriles is 1. The van der Waals surface area contributed by atoms with Gasteiger partial charge in [0.2, 0.25) is 0 Å². The van der Waals surface area contributed by atoms with E-state index in [1.165, 1.54) is 13.0 Å². The molecule has 0 aliphatic rings. The molecule has 0 fully saturated rings. The lowest BCUT2D eigenvalue weighted by Gasteiger charge is -2.17. The first-order valence-corrected chi connectivity index (χ1v) is 9.52. The van der Waals surface area contributed by atoms with Crippen LogP contribution in [0.2, 0.25) is 5.02 Å². The highest BCUT2D eigenvalue weighted by Crippen LogP contribution is 2.32. The molecule has 1 amide bonds. The Hall–Kier alpha value is -3.04. The Kier molecular flexibility index (Phi) is 7.63. The maximum atomic E-state index is 12.2. The third-order valence-corrected chi connectivity index (χ3v) is 4.60. The number of nitrogens with zero attached hydrogens (tertiary/aromatic N) is 1. The molecule has 0 aromatic heterocycles. The first kappa shape index (κ1) is 22.3. The quantitative estimate of drug-likeness (QED) is 0.669. The van der Waals surface area contributed by atoms with E-state index >= 15 is 0 Å². The van der Waals surface area contributed by atoms with Crippen molar-refractivity contribution in [1.29, 1.82) is 5.26 Å². The van der Waals surface area contributed by atoms with Crippen molar-refractivity contribution in [3.8, 4) is 11.8 Å². The molecule has 0 unspecified atom stereocenters. The summed E-state index contributed by atoms with van der Waals surface area (Å²) in [5.74, 6) is -0.448. The molecule has 0 aliphatic carbocycles. The van der Waals surface area contributed by atoms with Crippen LogP contribution in [0.5, 0.6) is 5.75 Å². The number of anilines is 1. The van der Waals surface area contributed by atoms with Gasteiger partial charge in [0.1, 0.15) is 5.75 Å². The predicted octanol–water partition coefficient (Wildman–Crippen LogP) is 4.59. The number of carbonyl (C=O) groups is 2. The Labute approximate surface area is 175 Å². The Morgan fingerprint density at radius 2 is 1.93 bits per heavy atom. The van der Waals surface area contributed by atoms with Gasteiger partial charge in [-0.05, 0) is 61.2 Å². The van der Waals surface area contributed by atoms with Gasteiger partial charge in [0.15, 0.2) is 12.7 Å². The molecule has 2 aromatic carbocycles. The summed E-state index contributed by atoms with van der Waals surface area (Å²) >= 11 is 6.17. The van der Waals surface area contributed by atoms with Crippen molar-refractivity contribution in [2.24, 2.45) is 0 Å². The molecule has 1 N–H and O–H groups in total. The normalized spacial score (nSPS) is 11.5. The molecule has 0 aliphatic heterocycles. The van der Waals surface area contributed by atoms with Crippen molar-refractivity contribution in [3.63, 3.8) is 0 Å². The lowest BCUT2D eigenvalue weighted by molar-refractivity contribution is -0.155. The van der Waals surface area contributed by atoms with Crippen LogP contribution in [-0.4, -0.2) is 24.6 Å². The highest BCUT2D eigenvalue weighted by Gasteiger charge is 2.19. The molecule has 152 valence electrons. The molecule has 0 saturated carbocycles. The van der Waals surface area contributed by atoms with Gasteiger partial charge in [-0.2, -0.15) is 5.26 Å². The highest BCUT2D eigenvalue weighted by atomic mass is 35.5. The number of amides is 1. The Morgan fingerprint density at radius 3 is 2.59 bits per heavy atom. The van der Waals surface area contributed by atoms with Crippen molar-refractivity contribution < 1.29 is 19.1 Å². The summed E-state index contributed by atoms with van der Waals surface area (Å²) in [5, 5.41) is 12.2. The average molecular weight is 415 g/mol. The van der Waals surface area contributed by atoms with E-state index in [9.17, 15) is 9.59 Å². The van der Waals surface area contributed by atoms with Crippen molar-refractivity contribution >= 4 is 29.2 Å². The summed E-state index contributed by atoms with van der Waals surface area (Å²) in [6.45, 7) is 6.99. The fourth-order valence-electron chi connectivity index (χ4n) is 2.58. The number of benzene rings is 2. The minimum atomic E-state index is -1.02. The van der Waals surface area contributed by atoms with Crippen molar-refractivity contribution in [2.75, 3.05) is 11.9 Å². The summed E-state index contributed by atoms with van der Waals surface area (Å²) in [6, 6.07) is 12.1. The Morgan fingerprint density at radius 1 is 1.21 bits per heavy atom. The minimum Gasteiger partial charge on any atom is -0.482 e. The van der Waals surface area contributed by atoms with Crippen LogP contribution in [0.4, 0.5) is 5.69 Å². The summed E-state index contributed by atoms with van der Waals surface area (Å²) in [4.78, 5) is 24.3. The zero-order valence-corrected chi connectivity index (χ0v) is 17.5. The van der Waals surface area contributed by atoms with Gasteiger partial charge >= 0.3 is 5.97 Å². The third-order valence-electron chi connectivity index (χ3n) is 4.20. The second-order valence-electron chi connectivity index (χ2n) is 6.90. The molecule has 2 aromatic rings. The summed E-state index contributed by atoms with van der Waals surface area (Å²) in [6.07, 6.45) is -1.02. The van der Waals surface area contributed by atoms with Gasteiger partial charge in [0.05, 0.1) is 11.6 Å². The summed E-state index contributed by atoms with van der Waals surface area (Å²) < 4.78 is 10.8. The standard InChI is InChI=1S/C22H23ClN2O4/c1-13(2)18-10-19(23)14(3)8-20(18)28-12-21(26)29-15(4)22(27)25-17-7-5-6-16(9-17)11-24/h5-10,13,15H,12H2,1-4H3,(H,25,27)/t15-/m1/s1. The van der Waals surface area contributed by atoms with Crippen LogP contribution < -0.4 is 10.1 Å². The maximum absolute atomic E-state index is 12.2. The molecule has 2 rings (SSSR count). The van der Waals surface area contributed by atoms with Crippen LogP contribution >= 0.6 is 11.6 Å². The number of nitrogens with one attached hydrogen (secondary N) is 1. The van der Waals surface area contributed by atoms with E-state index in [2.05, 4.69) is 5.32 Å². The molecule has 0 radical (unpaired) electrons. The molecule has 0 heterocycles. The van der Waals surface area contributed by atoms with Crippen molar-refractivity contribution in [1.82, 2.24) is 0 Å². The number of esters is 1. The number of aryl methyl sites for hydroxylation is 1. The van der Waals surface area contributed by atoms with Crippen molar-refractivity contribution in [3.05, 3.63) is 58.1 Å². The zero-order chi connectivity index (χ0) is 21.6. The fourth-order valence-corrected chi connectivity index (χ4v) is 2.75. The lowest BCUT2D eigenvalue weighted by Crippen LogP contribution is -2.31. The monoisotopic (exact) mass is 414 g/mol. The smallest absolute Gasteiger partial charge is 0.344 e. The van der Waals surface area contributed by atoms with E-state index in [1.54, 1.807) is 24.3 Å². The topological polar surface area (TPSA) is 88.4 Å². The molecule has 7 heteroatoms. The highest BCUT2D eigenvalue weighted by molar-refractivity contribution is 6.31. The van der Waals surface area contributed by atoms with Crippen LogP contribution in [0.25, 0.3) is 0 Å². The van der Waals surface area contributed by atoms with Gasteiger partial charge in [-0.25, -0.2) is 4.79 Å². The number of hydrogen-bond donors (Lipinski definition) is 1. The van der Waals surface area contributed by atoms with E-state index in [4.69, 9.17) is 26.3 Å². The van der Waals surface area contributed by atoms with Crippen LogP contribution in [0, 0.1) is 18.3 Å². The van der Waals surface area contributed by atoms with E-state index in [0.29, 0.717) is 22.0 Å². The minimum absolute atomic E-state index is 0.160. The third kappa shape index (κ3) is 6.23. The first-order valence-electron chi connectivity index (χ1n) is 9.14. The van der Waals surface area contributed by atoms with Crippen LogP contribution in [0.15, 0.2) is 36.4 Å². The summed E-state index contributed by atoms with van der Waals surface area (Å²) in [7, 11) is 0. The fraction of sp³-hybridized carbons (Fsp3) is 0.318. The molecular formula is C22H23ClN2O4. The van der Waals surface area contributed by atoms with E-state index in [0.717, 1.165) is 11.1 Å². The van der Waals surface area contributed by atoms with Crippen molar-refractivity contribution in [2.45, 2.75) is 39.7 Å². The first-order chi connectivity index (χ1) is 13.7. The molecule has 0 bridgehead atoms. The Balaban J connectivity index is 1.94. The summed E-state index contributed by atoms with van der Waals surface area (Å²) in [5.41, 5.74) is 2.59. The second-order valence-corrected chi connectivity index (χ2v) is 7.30. The zero-order valence-electron chi connectivity index (χ0n) is 16.8. The Bertz CT molecular complexity index is 950. The molecule has 29 heavy (non-hydrogen) atoms. The number of hydrogen-bond acceptors (Lipinski definition) is 5. The van der Waals surface area contributed by atoms with Gasteiger partial charge in [-0.1, -0.05) is 31.5 Å². The predicted molar refractivity (Wildman–Crippen MR) is 111 cm³/mol. The molecular weight excluding hydrogens is 392 g/mol. The van der Waals surface area contributed by atoms with E-state index in [1.807, 2.05) is 32.9 Å². The number of carbonyl (C=O) groups excluding carboxylic acids is 2. The second kappa shape index (κ2) is 9.94. The number of rotatable bonds is 7. The molecule has 0 spiro atoms.